The number of nitrogens with zero attached hydrogens (tertiary/aromatic N) is 4. The van der Waals surface area contributed by atoms with Crippen LogP contribution in [0.5, 0.6) is 0 Å². The summed E-state index contributed by atoms with van der Waals surface area (Å²) in [5, 5.41) is 10.2. The Morgan fingerprint density at radius 1 is 1.02 bits per heavy atom. The van der Waals surface area contributed by atoms with Crippen LogP contribution < -0.4 is 21.7 Å². The van der Waals surface area contributed by atoms with Crippen molar-refractivity contribution in [2.24, 2.45) is 28.9 Å². The van der Waals surface area contributed by atoms with Crippen LogP contribution in [0.4, 0.5) is 4.39 Å². The SMILES string of the molecule is CCC(CC)C1(C)C2CCC(Cl)CN(C)C1C(C(=O)NC1CNCC(F)C1N1CCC(C(=O)N3CCN(C)CC3)CC1)C(N)N2. The van der Waals surface area contributed by atoms with Crippen LogP contribution in [-0.2, 0) is 9.59 Å². The number of rotatable bonds is 7. The van der Waals surface area contributed by atoms with Crippen LogP contribution in [0.2, 0.25) is 0 Å². The second kappa shape index (κ2) is 15.0. The molecule has 10 nitrogen and oxygen atoms in total. The van der Waals surface area contributed by atoms with Crippen molar-refractivity contribution in [3.63, 3.8) is 0 Å². The first-order valence-corrected chi connectivity index (χ1v) is 18.2. The summed E-state index contributed by atoms with van der Waals surface area (Å²) in [7, 11) is 4.19. The number of alkyl halides is 2. The molecular weight excluding hydrogens is 595 g/mol. The average molecular weight is 655 g/mol. The van der Waals surface area contributed by atoms with E-state index in [1.807, 2.05) is 4.90 Å². The molecule has 5 fully saturated rings. The van der Waals surface area contributed by atoms with E-state index in [0.717, 1.165) is 64.7 Å². The van der Waals surface area contributed by atoms with Gasteiger partial charge in [-0.05, 0) is 58.8 Å². The van der Waals surface area contributed by atoms with Gasteiger partial charge in [0.25, 0.3) is 0 Å². The van der Waals surface area contributed by atoms with Crippen molar-refractivity contribution in [2.45, 2.75) is 101 Å². The van der Waals surface area contributed by atoms with Crippen LogP contribution in [0.1, 0.15) is 59.3 Å². The predicted molar refractivity (Wildman–Crippen MR) is 178 cm³/mol. The number of piperazine rings is 1. The van der Waals surface area contributed by atoms with Crippen molar-refractivity contribution < 1.29 is 14.0 Å². The van der Waals surface area contributed by atoms with E-state index in [9.17, 15) is 9.59 Å². The largest absolute Gasteiger partial charge is 0.350 e. The molecule has 5 aliphatic rings. The Kier molecular flexibility index (Phi) is 11.7. The minimum absolute atomic E-state index is 0.0105. The van der Waals surface area contributed by atoms with Gasteiger partial charge in [0, 0.05) is 74.6 Å². The van der Waals surface area contributed by atoms with Gasteiger partial charge in [-0.15, -0.1) is 11.6 Å². The van der Waals surface area contributed by atoms with Crippen LogP contribution in [-0.4, -0.2) is 146 Å². The summed E-state index contributed by atoms with van der Waals surface area (Å²) in [5.74, 6) is 0.0211. The van der Waals surface area contributed by atoms with Crippen molar-refractivity contribution in [3.8, 4) is 0 Å². The molecule has 5 aliphatic heterocycles. The molecule has 0 spiro atoms. The van der Waals surface area contributed by atoms with Gasteiger partial charge in [0.15, 0.2) is 0 Å². The van der Waals surface area contributed by atoms with E-state index in [0.29, 0.717) is 32.1 Å². The Labute approximate surface area is 275 Å². The van der Waals surface area contributed by atoms with E-state index >= 15 is 4.39 Å². The lowest BCUT2D eigenvalue weighted by atomic mass is 9.57. The quantitative estimate of drug-likeness (QED) is 0.304. The molecule has 9 atom stereocenters. The van der Waals surface area contributed by atoms with Crippen molar-refractivity contribution in [3.05, 3.63) is 0 Å². The van der Waals surface area contributed by atoms with E-state index in [1.54, 1.807) is 0 Å². The highest BCUT2D eigenvalue weighted by Crippen LogP contribution is 2.49. The Hall–Kier alpha value is -1.08. The first-order valence-electron chi connectivity index (χ1n) is 17.7. The topological polar surface area (TPSA) is 109 Å². The van der Waals surface area contributed by atoms with Crippen molar-refractivity contribution in [2.75, 3.05) is 73.0 Å². The summed E-state index contributed by atoms with van der Waals surface area (Å²) in [6, 6.07) is -0.777. The van der Waals surface area contributed by atoms with Crippen molar-refractivity contribution in [1.29, 1.82) is 0 Å². The summed E-state index contributed by atoms with van der Waals surface area (Å²) < 4.78 is 15.8. The third-order valence-electron chi connectivity index (χ3n) is 12.3. The number of amides is 2. The van der Waals surface area contributed by atoms with Gasteiger partial charge in [0.2, 0.25) is 11.8 Å². The first-order chi connectivity index (χ1) is 21.5. The molecule has 5 heterocycles. The molecule has 0 aromatic rings. The first kappa shape index (κ1) is 35.2. The minimum Gasteiger partial charge on any atom is -0.350 e. The summed E-state index contributed by atoms with van der Waals surface area (Å²) in [6.45, 7) is 13.0. The van der Waals surface area contributed by atoms with E-state index in [4.69, 9.17) is 17.3 Å². The van der Waals surface area contributed by atoms with Gasteiger partial charge in [-0.3, -0.25) is 19.8 Å². The number of halogens is 2. The van der Waals surface area contributed by atoms with Gasteiger partial charge in [0.1, 0.15) is 6.17 Å². The van der Waals surface area contributed by atoms with E-state index in [2.05, 4.69) is 65.5 Å². The molecule has 258 valence electrons. The summed E-state index contributed by atoms with van der Waals surface area (Å²) >= 11 is 6.78. The lowest BCUT2D eigenvalue weighted by Crippen LogP contribution is -2.76. The maximum absolute atomic E-state index is 15.8. The molecule has 2 amide bonds. The zero-order valence-corrected chi connectivity index (χ0v) is 29.1. The maximum atomic E-state index is 15.8. The highest BCUT2D eigenvalue weighted by atomic mass is 35.5. The lowest BCUT2D eigenvalue weighted by molar-refractivity contribution is -0.142. The third-order valence-corrected chi connectivity index (χ3v) is 12.7. The second-order valence-electron chi connectivity index (χ2n) is 14.9. The third kappa shape index (κ3) is 7.20. The number of hydrogen-bond donors (Lipinski definition) is 4. The lowest BCUT2D eigenvalue weighted by Gasteiger charge is -2.60. The molecular formula is C33H60ClFN8O2. The van der Waals surface area contributed by atoms with Gasteiger partial charge < -0.3 is 31.1 Å². The van der Waals surface area contributed by atoms with Crippen LogP contribution in [0.25, 0.3) is 0 Å². The van der Waals surface area contributed by atoms with Gasteiger partial charge in [-0.25, -0.2) is 4.39 Å². The van der Waals surface area contributed by atoms with Crippen LogP contribution in [0, 0.1) is 23.2 Å². The Balaban J connectivity index is 1.31. The zero-order valence-electron chi connectivity index (χ0n) is 28.3. The molecule has 12 heteroatoms. The van der Waals surface area contributed by atoms with E-state index < -0.39 is 30.3 Å². The maximum Gasteiger partial charge on any atom is 0.227 e. The van der Waals surface area contributed by atoms with E-state index in [1.165, 1.54) is 0 Å². The highest BCUT2D eigenvalue weighted by molar-refractivity contribution is 6.20. The highest BCUT2D eigenvalue weighted by Gasteiger charge is 2.58. The predicted octanol–water partition coefficient (Wildman–Crippen LogP) is 1.28. The summed E-state index contributed by atoms with van der Waals surface area (Å²) in [6.07, 6.45) is 3.70. The molecule has 0 aromatic heterocycles. The number of carbonyl (C=O) groups excluding carboxylic acids is 2. The standard InChI is InChI=1S/C33H60ClFN8O2/c1-6-22(7-2)33(3)26-9-8-23(34)20-41(5)29(33)27(30(36)39-26)31(44)38-25-19-37-18-24(35)28(25)42-12-10-21(11-13-42)32(45)43-16-14-40(4)15-17-43/h21-30,37,39H,6-20,36H2,1-5H3,(H,38,44). The molecule has 0 aromatic carbocycles. The molecule has 2 bridgehead atoms. The fourth-order valence-corrected chi connectivity index (χ4v) is 10.2. The molecule has 5 rings (SSSR count). The van der Waals surface area contributed by atoms with Crippen LogP contribution in [0.15, 0.2) is 0 Å². The fraction of sp³-hybridized carbons (Fsp3) is 0.939. The van der Waals surface area contributed by atoms with Gasteiger partial charge in [-0.2, -0.15) is 0 Å². The van der Waals surface area contributed by atoms with Gasteiger partial charge in [-0.1, -0.05) is 33.6 Å². The van der Waals surface area contributed by atoms with Crippen molar-refractivity contribution >= 4 is 23.4 Å². The minimum atomic E-state index is -1.12. The summed E-state index contributed by atoms with van der Waals surface area (Å²) in [5.41, 5.74) is 6.66. The number of likely N-dealkylation sites (N-methyl/N-ethyl adjacent to an activating group) is 1. The molecule has 45 heavy (non-hydrogen) atoms. The van der Waals surface area contributed by atoms with Gasteiger partial charge in [0.05, 0.1) is 24.2 Å². The second-order valence-corrected chi connectivity index (χ2v) is 15.5. The zero-order chi connectivity index (χ0) is 32.5. The molecule has 0 aliphatic carbocycles. The number of nitrogens with one attached hydrogen (secondary N) is 3. The Morgan fingerprint density at radius 3 is 2.33 bits per heavy atom. The van der Waals surface area contributed by atoms with E-state index in [-0.39, 0.29) is 47.2 Å². The number of nitrogens with two attached hydrogens (primary N) is 1. The molecule has 9 unspecified atom stereocenters. The molecule has 0 saturated carbocycles. The molecule has 5 N–H and O–H groups in total. The monoisotopic (exact) mass is 654 g/mol. The number of likely N-dealkylation sites (tertiary alicyclic amines) is 2. The normalized spacial score (nSPS) is 39.8. The van der Waals surface area contributed by atoms with Crippen molar-refractivity contribution in [1.82, 2.24) is 35.6 Å². The number of carbonyl (C=O) groups is 2. The number of hydrogen-bond acceptors (Lipinski definition) is 8. The smallest absolute Gasteiger partial charge is 0.227 e. The summed E-state index contributed by atoms with van der Waals surface area (Å²) in [4.78, 5) is 36.5. The molecule has 5 saturated heterocycles. The Morgan fingerprint density at radius 2 is 1.69 bits per heavy atom. The number of piperidine rings is 3. The van der Waals surface area contributed by atoms with Gasteiger partial charge >= 0.3 is 0 Å². The molecule has 0 radical (unpaired) electrons. The van der Waals surface area contributed by atoms with Crippen LogP contribution >= 0.6 is 11.6 Å². The van der Waals surface area contributed by atoms with Crippen LogP contribution in [0.3, 0.4) is 0 Å². The fourth-order valence-electron chi connectivity index (χ4n) is 9.81. The number of fused-ring (bicyclic) bond motifs is 2. The average Bonchev–Trinajstić information content (AvgIpc) is 3.01. The Bertz CT molecular complexity index is 1010.